The number of nitrogens with zero attached hydrogens (tertiary/aromatic N) is 6. The number of hydrogen-bond donors (Lipinski definition) is 0. The van der Waals surface area contributed by atoms with Crippen LogP contribution in [0.5, 0.6) is 17.6 Å². The lowest BCUT2D eigenvalue weighted by Crippen LogP contribution is -2.63. The zero-order valence-electron chi connectivity index (χ0n) is 31.4. The third-order valence-electron chi connectivity index (χ3n) is 11.7. The third kappa shape index (κ3) is 6.03. The van der Waals surface area contributed by atoms with E-state index in [1.165, 1.54) is 7.11 Å². The lowest BCUT2D eigenvalue weighted by Gasteiger charge is -2.46. The highest BCUT2D eigenvalue weighted by Gasteiger charge is 2.52. The van der Waals surface area contributed by atoms with Crippen molar-refractivity contribution in [1.82, 2.24) is 24.8 Å². The van der Waals surface area contributed by atoms with Crippen LogP contribution in [0.25, 0.3) is 32.9 Å². The van der Waals surface area contributed by atoms with Crippen LogP contribution in [-0.2, 0) is 9.47 Å². The minimum Gasteiger partial charge on any atom is -0.475 e. The second-order valence-corrected chi connectivity index (χ2v) is 16.3. The summed E-state index contributed by atoms with van der Waals surface area (Å²) in [6.07, 6.45) is 8.25. The van der Waals surface area contributed by atoms with Gasteiger partial charge in [0.15, 0.2) is 12.6 Å². The highest BCUT2D eigenvalue weighted by Crippen LogP contribution is 2.47. The Balaban J connectivity index is 1.20. The number of rotatable bonds is 7. The maximum Gasteiger partial charge on any atom is 0.410 e. The summed E-state index contributed by atoms with van der Waals surface area (Å²) in [6.45, 7) is 7.40. The number of terminal acetylenes is 1. The molecule has 0 saturated carbocycles. The Bertz CT molecular complexity index is 2240. The van der Waals surface area contributed by atoms with Gasteiger partial charge in [-0.25, -0.2) is 18.6 Å². The maximum absolute atomic E-state index is 17.5. The number of amides is 1. The number of pyridine rings is 1. The molecule has 7 heterocycles. The molecule has 2 aromatic carbocycles. The van der Waals surface area contributed by atoms with Crippen LogP contribution in [0.4, 0.5) is 19.4 Å². The fraction of sp³-hybridized carbons (Fsp3) is 0.512. The average molecular weight is 755 g/mol. The summed E-state index contributed by atoms with van der Waals surface area (Å²) in [6, 6.07) is 8.18. The molecule has 0 radical (unpaired) electrons. The van der Waals surface area contributed by atoms with Crippen molar-refractivity contribution in [2.45, 2.75) is 88.3 Å². The summed E-state index contributed by atoms with van der Waals surface area (Å²) >= 11 is 0. The smallest absolute Gasteiger partial charge is 0.410 e. The van der Waals surface area contributed by atoms with Gasteiger partial charge in [-0.1, -0.05) is 18.1 Å². The molecule has 0 N–H and O–H groups in total. The van der Waals surface area contributed by atoms with Gasteiger partial charge in [0.1, 0.15) is 53.2 Å². The number of alkyl halides is 1. The fourth-order valence-electron chi connectivity index (χ4n) is 9.47. The Morgan fingerprint density at radius 3 is 2.76 bits per heavy atom. The number of methoxy groups -OCH3 is 1. The predicted molar refractivity (Wildman–Crippen MR) is 201 cm³/mol. The number of ether oxygens (including phenoxy) is 5. The number of aromatic nitrogens is 3. The summed E-state index contributed by atoms with van der Waals surface area (Å²) in [5.41, 5.74) is -0.287. The van der Waals surface area contributed by atoms with Crippen molar-refractivity contribution in [1.29, 1.82) is 0 Å². The standard InChI is InChI=1S/C41H44F2N6O6/c1-6-23-9-7-10-24-15-27(54-22-51-5)16-28(31(23)24)34-33(43)35-32-36(46-38(45-35)53-21-41-13-8-14-47(41)18-25(42)17-41)48-19-26-11-12-29(30(48)20-52-37(32)44-34)49(26)39(50)55-40(2,3)4/h1,7,9-10,15-16,25-26,29-30H,8,11-14,17-22H2,2-5H3/t25-,26+,29-,30-,41-/m0/s1. The molecule has 4 aromatic rings. The minimum atomic E-state index is -0.944. The van der Waals surface area contributed by atoms with Crippen LogP contribution in [-0.4, -0.2) is 113 Å². The van der Waals surface area contributed by atoms with Gasteiger partial charge in [0.2, 0.25) is 5.88 Å². The van der Waals surface area contributed by atoms with Gasteiger partial charge >= 0.3 is 12.1 Å². The average Bonchev–Trinajstić information content (AvgIpc) is 3.76. The van der Waals surface area contributed by atoms with Gasteiger partial charge in [0.25, 0.3) is 0 Å². The molecule has 4 fully saturated rings. The Morgan fingerprint density at radius 2 is 1.96 bits per heavy atom. The van der Waals surface area contributed by atoms with Crippen molar-refractivity contribution in [2.24, 2.45) is 0 Å². The van der Waals surface area contributed by atoms with Gasteiger partial charge < -0.3 is 28.6 Å². The van der Waals surface area contributed by atoms with Crippen molar-refractivity contribution in [3.63, 3.8) is 0 Å². The quantitative estimate of drug-likeness (QED) is 0.158. The molecule has 0 spiro atoms. The molecule has 2 aromatic heterocycles. The summed E-state index contributed by atoms with van der Waals surface area (Å²) in [7, 11) is 1.52. The summed E-state index contributed by atoms with van der Waals surface area (Å²) in [5.74, 6) is 3.01. The Morgan fingerprint density at radius 1 is 1.11 bits per heavy atom. The number of carbonyl (C=O) groups excluding carboxylic acids is 1. The number of halogens is 2. The first kappa shape index (κ1) is 35.7. The third-order valence-corrected chi connectivity index (χ3v) is 11.7. The highest BCUT2D eigenvalue weighted by molar-refractivity contribution is 6.04. The van der Waals surface area contributed by atoms with E-state index in [-0.39, 0.29) is 67.3 Å². The Labute approximate surface area is 318 Å². The number of piperazine rings is 1. The summed E-state index contributed by atoms with van der Waals surface area (Å²) < 4.78 is 62.1. The van der Waals surface area contributed by atoms with Crippen LogP contribution in [0, 0.1) is 18.2 Å². The molecule has 5 atom stereocenters. The topological polar surface area (TPSA) is 112 Å². The van der Waals surface area contributed by atoms with Crippen LogP contribution in [0.1, 0.15) is 58.4 Å². The second-order valence-electron chi connectivity index (χ2n) is 16.3. The van der Waals surface area contributed by atoms with Gasteiger partial charge in [0.05, 0.1) is 23.7 Å². The minimum absolute atomic E-state index is 0.0260. The first-order valence-electron chi connectivity index (χ1n) is 19.0. The van der Waals surface area contributed by atoms with E-state index in [2.05, 4.69) is 15.7 Å². The van der Waals surface area contributed by atoms with Crippen LogP contribution in [0.2, 0.25) is 0 Å². The molecule has 0 unspecified atom stereocenters. The van der Waals surface area contributed by atoms with E-state index < -0.39 is 23.1 Å². The largest absolute Gasteiger partial charge is 0.475 e. The normalized spacial score (nSPS) is 25.7. The molecular formula is C41H44F2N6O6. The highest BCUT2D eigenvalue weighted by atomic mass is 19.1. The molecule has 4 saturated heterocycles. The SMILES string of the molecule is C#Cc1cccc2cc(OCOC)cc(-c3nc4c5c(nc(OC[C@@]67CCCN6C[C@@H](F)C7)nc5c3F)N3C[C@H]5CC[C@@H]([C@@H]3CO4)N5C(=O)OC(C)(C)C)c12. The van der Waals surface area contributed by atoms with E-state index in [9.17, 15) is 9.18 Å². The second kappa shape index (κ2) is 13.3. The van der Waals surface area contributed by atoms with E-state index in [1.54, 1.807) is 12.1 Å². The molecule has 55 heavy (non-hydrogen) atoms. The monoisotopic (exact) mass is 754 g/mol. The van der Waals surface area contributed by atoms with Crippen molar-refractivity contribution in [3.8, 4) is 41.2 Å². The zero-order chi connectivity index (χ0) is 38.2. The van der Waals surface area contributed by atoms with E-state index in [0.29, 0.717) is 53.0 Å². The molecule has 14 heteroatoms. The van der Waals surface area contributed by atoms with E-state index in [1.807, 2.05) is 43.9 Å². The van der Waals surface area contributed by atoms with Crippen LogP contribution < -0.4 is 19.1 Å². The van der Waals surface area contributed by atoms with Gasteiger partial charge in [-0.15, -0.1) is 6.42 Å². The summed E-state index contributed by atoms with van der Waals surface area (Å²) in [5, 5.41) is 1.63. The van der Waals surface area contributed by atoms with Gasteiger partial charge in [-0.05, 0) is 76.6 Å². The van der Waals surface area contributed by atoms with Crippen molar-refractivity contribution >= 4 is 33.6 Å². The number of anilines is 1. The molecule has 2 bridgehead atoms. The van der Waals surface area contributed by atoms with Crippen molar-refractivity contribution in [2.75, 3.05) is 51.7 Å². The molecule has 9 rings (SSSR count). The van der Waals surface area contributed by atoms with Gasteiger partial charge in [-0.2, -0.15) is 9.97 Å². The Kier molecular flexibility index (Phi) is 8.65. The molecule has 1 amide bonds. The van der Waals surface area contributed by atoms with E-state index >= 15 is 4.39 Å². The molecule has 12 nitrogen and oxygen atoms in total. The fourth-order valence-corrected chi connectivity index (χ4v) is 9.47. The van der Waals surface area contributed by atoms with Gasteiger partial charge in [0, 0.05) is 43.1 Å². The summed E-state index contributed by atoms with van der Waals surface area (Å²) in [4.78, 5) is 34.2. The molecule has 5 aliphatic heterocycles. The first-order valence-corrected chi connectivity index (χ1v) is 19.0. The number of benzene rings is 2. The first-order chi connectivity index (χ1) is 26.5. The predicted octanol–water partition coefficient (Wildman–Crippen LogP) is 6.25. The number of hydrogen-bond acceptors (Lipinski definition) is 11. The van der Waals surface area contributed by atoms with Crippen LogP contribution in [0.3, 0.4) is 0 Å². The van der Waals surface area contributed by atoms with Crippen molar-refractivity contribution in [3.05, 3.63) is 41.7 Å². The number of fused-ring (bicyclic) bond motifs is 7. The maximum atomic E-state index is 17.5. The lowest BCUT2D eigenvalue weighted by molar-refractivity contribution is 0.00537. The van der Waals surface area contributed by atoms with Crippen LogP contribution >= 0.6 is 0 Å². The molecule has 288 valence electrons. The molecule has 5 aliphatic rings. The van der Waals surface area contributed by atoms with Crippen molar-refractivity contribution < 1.29 is 37.3 Å². The van der Waals surface area contributed by atoms with Crippen LogP contribution in [0.15, 0.2) is 30.3 Å². The van der Waals surface area contributed by atoms with E-state index in [4.69, 9.17) is 45.1 Å². The van der Waals surface area contributed by atoms with E-state index in [0.717, 1.165) is 37.6 Å². The van der Waals surface area contributed by atoms with Gasteiger partial charge in [-0.3, -0.25) is 9.80 Å². The molecule has 0 aliphatic carbocycles. The number of carbonyl (C=O) groups is 1. The molecular weight excluding hydrogens is 710 g/mol. The Hall–Kier alpha value is -5.00. The lowest BCUT2D eigenvalue weighted by atomic mass is 9.95. The zero-order valence-corrected chi connectivity index (χ0v) is 31.4.